The van der Waals surface area contributed by atoms with Crippen molar-refractivity contribution in [1.82, 2.24) is 10.1 Å². The number of nitrogens with zero attached hydrogens (tertiary/aromatic N) is 2. The molecule has 2 aromatic heterocycles. The van der Waals surface area contributed by atoms with E-state index in [2.05, 4.69) is 10.1 Å². The standard InChI is InChI=1S/C11H14ClN3OS/c1-3-11(13,4-2)10-14-9(16-15-10)7-5-6-8(12)17-7/h5-6H,3-4,13H2,1-2H3. The van der Waals surface area contributed by atoms with Gasteiger partial charge in [0.15, 0.2) is 5.82 Å². The van der Waals surface area contributed by atoms with Gasteiger partial charge in [-0.05, 0) is 25.0 Å². The first-order valence-corrected chi connectivity index (χ1v) is 6.67. The number of hydrogen-bond acceptors (Lipinski definition) is 5. The van der Waals surface area contributed by atoms with E-state index < -0.39 is 5.54 Å². The SMILES string of the molecule is CCC(N)(CC)c1noc(-c2ccc(Cl)s2)n1. The van der Waals surface area contributed by atoms with Gasteiger partial charge >= 0.3 is 0 Å². The molecule has 0 bridgehead atoms. The maximum Gasteiger partial charge on any atom is 0.268 e. The van der Waals surface area contributed by atoms with Gasteiger partial charge in [0.05, 0.1) is 14.8 Å². The summed E-state index contributed by atoms with van der Waals surface area (Å²) < 4.78 is 5.92. The van der Waals surface area contributed by atoms with Gasteiger partial charge in [-0.1, -0.05) is 30.6 Å². The Labute approximate surface area is 109 Å². The largest absolute Gasteiger partial charge is 0.333 e. The van der Waals surface area contributed by atoms with Crippen LogP contribution in [0.3, 0.4) is 0 Å². The van der Waals surface area contributed by atoms with Gasteiger partial charge < -0.3 is 10.3 Å². The van der Waals surface area contributed by atoms with Gasteiger partial charge in [0.1, 0.15) is 0 Å². The van der Waals surface area contributed by atoms with Crippen molar-refractivity contribution in [1.29, 1.82) is 0 Å². The monoisotopic (exact) mass is 271 g/mol. The Hall–Kier alpha value is -0.910. The van der Waals surface area contributed by atoms with Crippen LogP contribution in [0.4, 0.5) is 0 Å². The number of aromatic nitrogens is 2. The summed E-state index contributed by atoms with van der Waals surface area (Å²) >= 11 is 7.27. The topological polar surface area (TPSA) is 64.9 Å². The van der Waals surface area contributed by atoms with E-state index in [1.807, 2.05) is 19.9 Å². The molecule has 0 aliphatic rings. The van der Waals surface area contributed by atoms with Crippen LogP contribution in [-0.4, -0.2) is 10.1 Å². The van der Waals surface area contributed by atoms with E-state index >= 15 is 0 Å². The molecule has 0 aliphatic heterocycles. The van der Waals surface area contributed by atoms with Gasteiger partial charge in [0.2, 0.25) is 0 Å². The van der Waals surface area contributed by atoms with Crippen LogP contribution in [0.2, 0.25) is 4.34 Å². The number of halogens is 1. The summed E-state index contributed by atoms with van der Waals surface area (Å²) in [5.41, 5.74) is 5.70. The molecule has 2 aromatic rings. The fourth-order valence-electron chi connectivity index (χ4n) is 1.52. The molecule has 2 heterocycles. The van der Waals surface area contributed by atoms with Crippen LogP contribution in [0.5, 0.6) is 0 Å². The molecular weight excluding hydrogens is 258 g/mol. The Bertz CT molecular complexity index is 504. The number of hydrogen-bond donors (Lipinski definition) is 1. The third-order valence-corrected chi connectivity index (χ3v) is 4.14. The fraction of sp³-hybridized carbons (Fsp3) is 0.455. The Kier molecular flexibility index (Phi) is 3.51. The van der Waals surface area contributed by atoms with Gasteiger partial charge in [-0.2, -0.15) is 4.98 Å². The highest BCUT2D eigenvalue weighted by Gasteiger charge is 2.29. The van der Waals surface area contributed by atoms with Gasteiger partial charge in [-0.15, -0.1) is 11.3 Å². The summed E-state index contributed by atoms with van der Waals surface area (Å²) in [6.07, 6.45) is 1.54. The molecule has 2 rings (SSSR count). The van der Waals surface area contributed by atoms with Crippen molar-refractivity contribution in [2.75, 3.05) is 0 Å². The van der Waals surface area contributed by atoms with E-state index in [9.17, 15) is 0 Å². The van der Waals surface area contributed by atoms with Crippen LogP contribution >= 0.6 is 22.9 Å². The molecule has 0 radical (unpaired) electrons. The first-order valence-electron chi connectivity index (χ1n) is 5.48. The third-order valence-electron chi connectivity index (χ3n) is 2.92. The van der Waals surface area contributed by atoms with Crippen molar-refractivity contribution in [3.63, 3.8) is 0 Å². The predicted molar refractivity (Wildman–Crippen MR) is 69.1 cm³/mol. The Balaban J connectivity index is 2.33. The van der Waals surface area contributed by atoms with Gasteiger partial charge in [-0.25, -0.2) is 0 Å². The molecule has 92 valence electrons. The summed E-state index contributed by atoms with van der Waals surface area (Å²) in [6, 6.07) is 3.67. The molecule has 6 heteroatoms. The lowest BCUT2D eigenvalue weighted by molar-refractivity contribution is 0.350. The molecule has 0 amide bonds. The minimum atomic E-state index is -0.511. The Morgan fingerprint density at radius 1 is 1.41 bits per heavy atom. The number of thiophene rings is 1. The zero-order valence-corrected chi connectivity index (χ0v) is 11.3. The van der Waals surface area contributed by atoms with E-state index in [1.165, 1.54) is 11.3 Å². The zero-order valence-electron chi connectivity index (χ0n) is 9.74. The first kappa shape index (κ1) is 12.5. The summed E-state index contributed by atoms with van der Waals surface area (Å²) in [4.78, 5) is 5.22. The van der Waals surface area contributed by atoms with Gasteiger partial charge in [0, 0.05) is 0 Å². The molecule has 0 aromatic carbocycles. The quantitative estimate of drug-likeness (QED) is 0.925. The van der Waals surface area contributed by atoms with Crippen molar-refractivity contribution in [3.05, 3.63) is 22.3 Å². The lowest BCUT2D eigenvalue weighted by Gasteiger charge is -2.21. The smallest absolute Gasteiger partial charge is 0.268 e. The van der Waals surface area contributed by atoms with Crippen molar-refractivity contribution < 1.29 is 4.52 Å². The molecule has 0 aliphatic carbocycles. The minimum absolute atomic E-state index is 0.480. The molecule has 0 fully saturated rings. The average Bonchev–Trinajstić information content (AvgIpc) is 2.96. The third kappa shape index (κ3) is 2.36. The summed E-state index contributed by atoms with van der Waals surface area (Å²) in [5.74, 6) is 1.04. The van der Waals surface area contributed by atoms with E-state index in [0.29, 0.717) is 16.1 Å². The van der Waals surface area contributed by atoms with Crippen LogP contribution in [0, 0.1) is 0 Å². The molecule has 0 saturated heterocycles. The predicted octanol–water partition coefficient (Wildman–Crippen LogP) is 3.43. The summed E-state index contributed by atoms with van der Waals surface area (Å²) in [6.45, 7) is 4.03. The van der Waals surface area contributed by atoms with Crippen molar-refractivity contribution in [3.8, 4) is 10.8 Å². The van der Waals surface area contributed by atoms with Crippen molar-refractivity contribution >= 4 is 22.9 Å². The normalized spacial score (nSPS) is 12.0. The van der Waals surface area contributed by atoms with Crippen LogP contribution in [0.15, 0.2) is 16.7 Å². The first-order chi connectivity index (χ1) is 8.09. The van der Waals surface area contributed by atoms with Crippen LogP contribution in [0.25, 0.3) is 10.8 Å². The molecule has 4 nitrogen and oxygen atoms in total. The van der Waals surface area contributed by atoms with Gasteiger partial charge in [-0.3, -0.25) is 0 Å². The molecule has 0 spiro atoms. The highest BCUT2D eigenvalue weighted by molar-refractivity contribution is 7.19. The molecular formula is C11H14ClN3OS. The second-order valence-electron chi connectivity index (χ2n) is 3.89. The maximum atomic E-state index is 6.21. The second-order valence-corrected chi connectivity index (χ2v) is 5.61. The average molecular weight is 272 g/mol. The summed E-state index contributed by atoms with van der Waals surface area (Å²) in [7, 11) is 0. The van der Waals surface area contributed by atoms with Crippen LogP contribution < -0.4 is 5.73 Å². The Morgan fingerprint density at radius 2 is 2.12 bits per heavy atom. The van der Waals surface area contributed by atoms with Crippen LogP contribution in [0.1, 0.15) is 32.5 Å². The van der Waals surface area contributed by atoms with E-state index in [1.54, 1.807) is 6.07 Å². The molecule has 0 saturated carbocycles. The second kappa shape index (κ2) is 4.76. The number of nitrogens with two attached hydrogens (primary N) is 1. The minimum Gasteiger partial charge on any atom is -0.333 e. The van der Waals surface area contributed by atoms with E-state index in [4.69, 9.17) is 21.9 Å². The summed E-state index contributed by atoms with van der Waals surface area (Å²) in [5, 5.41) is 3.97. The highest BCUT2D eigenvalue weighted by Crippen LogP contribution is 2.31. The van der Waals surface area contributed by atoms with Gasteiger partial charge in [0.25, 0.3) is 5.89 Å². The van der Waals surface area contributed by atoms with E-state index in [0.717, 1.165) is 17.7 Å². The lowest BCUT2D eigenvalue weighted by Crippen LogP contribution is -2.36. The van der Waals surface area contributed by atoms with Crippen molar-refractivity contribution in [2.24, 2.45) is 5.73 Å². The van der Waals surface area contributed by atoms with E-state index in [-0.39, 0.29) is 0 Å². The molecule has 0 unspecified atom stereocenters. The highest BCUT2D eigenvalue weighted by atomic mass is 35.5. The van der Waals surface area contributed by atoms with Crippen molar-refractivity contribution in [2.45, 2.75) is 32.2 Å². The Morgan fingerprint density at radius 3 is 2.65 bits per heavy atom. The fourth-order valence-corrected chi connectivity index (χ4v) is 2.49. The molecule has 2 N–H and O–H groups in total. The molecule has 17 heavy (non-hydrogen) atoms. The number of rotatable bonds is 4. The zero-order chi connectivity index (χ0) is 12.5. The maximum absolute atomic E-state index is 6.21. The van der Waals surface area contributed by atoms with Crippen LogP contribution in [-0.2, 0) is 5.54 Å². The molecule has 0 atom stereocenters. The lowest BCUT2D eigenvalue weighted by atomic mass is 9.93.